The van der Waals surface area contributed by atoms with Gasteiger partial charge in [0.05, 0.1) is 0 Å². The average molecular weight is 561 g/mol. The van der Waals surface area contributed by atoms with Crippen LogP contribution in [0, 0.1) is 5.92 Å². The van der Waals surface area contributed by atoms with Gasteiger partial charge in [-0.15, -0.1) is 0 Å². The van der Waals surface area contributed by atoms with Gasteiger partial charge in [0, 0.05) is 6.42 Å². The molecule has 2 nitrogen and oxygen atoms in total. The summed E-state index contributed by atoms with van der Waals surface area (Å²) in [4.78, 5) is 10.5. The Bertz CT molecular complexity index is 550. The summed E-state index contributed by atoms with van der Waals surface area (Å²) in [6.07, 6.45) is 48.9. The molecule has 1 unspecified atom stereocenters. The number of allylic oxidation sites excluding steroid dienone is 4. The Balaban J connectivity index is 3.83. The van der Waals surface area contributed by atoms with E-state index in [0.717, 1.165) is 31.6 Å². The average Bonchev–Trinajstić information content (AvgIpc) is 2.94. The molecule has 0 aliphatic heterocycles. The second-order valence-corrected chi connectivity index (χ2v) is 12.6. The third kappa shape index (κ3) is 33.2. The Kier molecular flexibility index (Phi) is 33.3. The number of carbonyl (C=O) groups is 1. The van der Waals surface area contributed by atoms with E-state index in [2.05, 4.69) is 38.2 Å². The van der Waals surface area contributed by atoms with Gasteiger partial charge < -0.3 is 5.11 Å². The van der Waals surface area contributed by atoms with E-state index >= 15 is 0 Å². The van der Waals surface area contributed by atoms with Crippen LogP contribution in [0.1, 0.15) is 206 Å². The molecule has 0 rings (SSSR count). The first-order chi connectivity index (χ1) is 19.7. The number of carboxylic acid groups (broad SMARTS) is 1. The molecule has 0 saturated heterocycles. The zero-order valence-corrected chi connectivity index (χ0v) is 27.5. The quantitative estimate of drug-likeness (QED) is 0.0640. The lowest BCUT2D eigenvalue weighted by Gasteiger charge is -2.17. The molecular weight excluding hydrogens is 488 g/mol. The maximum atomic E-state index is 10.5. The molecule has 40 heavy (non-hydrogen) atoms. The fraction of sp³-hybridized carbons (Fsp3) is 0.868. The van der Waals surface area contributed by atoms with Gasteiger partial charge in [0.2, 0.25) is 0 Å². The van der Waals surface area contributed by atoms with Gasteiger partial charge in [-0.1, -0.05) is 186 Å². The van der Waals surface area contributed by atoms with Crippen LogP contribution in [0.4, 0.5) is 0 Å². The van der Waals surface area contributed by atoms with Crippen LogP contribution in [-0.2, 0) is 4.79 Å². The summed E-state index contributed by atoms with van der Waals surface area (Å²) in [5.74, 6) is 0.323. The van der Waals surface area contributed by atoms with Gasteiger partial charge in [-0.3, -0.25) is 4.79 Å². The third-order valence-electron chi connectivity index (χ3n) is 8.53. The lowest BCUT2D eigenvalue weighted by molar-refractivity contribution is -0.137. The van der Waals surface area contributed by atoms with Crippen molar-refractivity contribution in [1.82, 2.24) is 0 Å². The molecule has 0 amide bonds. The number of carboxylic acids is 1. The monoisotopic (exact) mass is 561 g/mol. The molecule has 0 aromatic heterocycles. The van der Waals surface area contributed by atoms with Crippen molar-refractivity contribution in [2.45, 2.75) is 206 Å². The highest BCUT2D eigenvalue weighted by Crippen LogP contribution is 2.24. The fourth-order valence-electron chi connectivity index (χ4n) is 5.84. The highest BCUT2D eigenvalue weighted by molar-refractivity contribution is 5.66. The van der Waals surface area contributed by atoms with Gasteiger partial charge in [0.15, 0.2) is 0 Å². The lowest BCUT2D eigenvalue weighted by atomic mass is 9.89. The minimum atomic E-state index is -0.664. The largest absolute Gasteiger partial charge is 0.481 e. The first-order valence-corrected chi connectivity index (χ1v) is 18.2. The topological polar surface area (TPSA) is 37.3 Å². The smallest absolute Gasteiger partial charge is 0.303 e. The second kappa shape index (κ2) is 34.2. The number of unbranched alkanes of at least 4 members (excludes halogenated alkanes) is 21. The van der Waals surface area contributed by atoms with E-state index in [1.807, 2.05) is 0 Å². The van der Waals surface area contributed by atoms with Crippen LogP contribution in [-0.4, -0.2) is 11.1 Å². The molecule has 1 N–H and O–H groups in total. The molecule has 0 aromatic carbocycles. The summed E-state index contributed by atoms with van der Waals surface area (Å²) >= 11 is 0. The highest BCUT2D eigenvalue weighted by Gasteiger charge is 2.08. The third-order valence-corrected chi connectivity index (χ3v) is 8.53. The molecular formula is C38H72O2. The van der Waals surface area contributed by atoms with E-state index < -0.39 is 5.97 Å². The van der Waals surface area contributed by atoms with E-state index in [1.54, 1.807) is 0 Å². The number of hydrogen-bond acceptors (Lipinski definition) is 1. The number of rotatable bonds is 33. The summed E-state index contributed by atoms with van der Waals surface area (Å²) in [6.45, 7) is 4.62. The Morgan fingerprint density at radius 1 is 0.475 bits per heavy atom. The predicted molar refractivity (Wildman–Crippen MR) is 179 cm³/mol. The first-order valence-electron chi connectivity index (χ1n) is 18.2. The zero-order valence-electron chi connectivity index (χ0n) is 27.5. The lowest BCUT2D eigenvalue weighted by Crippen LogP contribution is -2.01. The summed E-state index contributed by atoms with van der Waals surface area (Å²) in [5.41, 5.74) is 0. The van der Waals surface area contributed by atoms with Crippen LogP contribution in [0.3, 0.4) is 0 Å². The Hall–Kier alpha value is -1.05. The summed E-state index contributed by atoms with van der Waals surface area (Å²) in [7, 11) is 0. The molecule has 236 valence electrons. The second-order valence-electron chi connectivity index (χ2n) is 12.6. The zero-order chi connectivity index (χ0) is 29.2. The van der Waals surface area contributed by atoms with E-state index in [9.17, 15) is 4.79 Å². The van der Waals surface area contributed by atoms with E-state index in [1.165, 1.54) is 161 Å². The molecule has 0 aliphatic carbocycles. The Morgan fingerprint density at radius 2 is 0.825 bits per heavy atom. The van der Waals surface area contributed by atoms with Crippen LogP contribution in [0.5, 0.6) is 0 Å². The van der Waals surface area contributed by atoms with Crippen LogP contribution in [0.2, 0.25) is 0 Å². The molecule has 0 radical (unpaired) electrons. The summed E-state index contributed by atoms with van der Waals surface area (Å²) in [5, 5.41) is 8.65. The fourth-order valence-corrected chi connectivity index (χ4v) is 5.84. The molecule has 0 aromatic rings. The number of aliphatic carboxylic acids is 1. The molecule has 0 saturated carbocycles. The normalized spacial score (nSPS) is 12.7. The summed E-state index contributed by atoms with van der Waals surface area (Å²) in [6, 6.07) is 0. The van der Waals surface area contributed by atoms with Crippen molar-refractivity contribution in [1.29, 1.82) is 0 Å². The predicted octanol–water partition coefficient (Wildman–Crippen LogP) is 13.5. The Morgan fingerprint density at radius 3 is 1.25 bits per heavy atom. The van der Waals surface area contributed by atoms with Gasteiger partial charge in [0.25, 0.3) is 0 Å². The maximum Gasteiger partial charge on any atom is 0.303 e. The maximum absolute atomic E-state index is 10.5. The van der Waals surface area contributed by atoms with Crippen LogP contribution in [0.25, 0.3) is 0 Å². The van der Waals surface area contributed by atoms with Crippen LogP contribution >= 0.6 is 0 Å². The van der Waals surface area contributed by atoms with Crippen molar-refractivity contribution in [3.63, 3.8) is 0 Å². The van der Waals surface area contributed by atoms with Gasteiger partial charge in [0.1, 0.15) is 0 Å². The minimum absolute atomic E-state index is 0.325. The van der Waals surface area contributed by atoms with Crippen molar-refractivity contribution in [2.24, 2.45) is 5.92 Å². The van der Waals surface area contributed by atoms with Gasteiger partial charge in [-0.05, 0) is 44.4 Å². The van der Waals surface area contributed by atoms with Crippen molar-refractivity contribution < 1.29 is 9.90 Å². The summed E-state index contributed by atoms with van der Waals surface area (Å²) < 4.78 is 0. The van der Waals surface area contributed by atoms with E-state index in [4.69, 9.17) is 5.11 Å². The minimum Gasteiger partial charge on any atom is -0.481 e. The Labute approximate surface area is 252 Å². The number of hydrogen-bond donors (Lipinski definition) is 1. The molecule has 1 atom stereocenters. The standard InChI is InChI=1S/C38H72O2/c1-3-5-7-9-11-19-22-26-30-34-37(33-29-25-10-8-6-4-2)35-31-27-23-20-17-15-13-12-14-16-18-21-24-28-32-36-38(39)40/h12,14-15,17,37H,3-11,13,16,18-36H2,1-2H3,(H,39,40)/b14-12-,17-15-. The van der Waals surface area contributed by atoms with Gasteiger partial charge >= 0.3 is 5.97 Å². The van der Waals surface area contributed by atoms with Crippen molar-refractivity contribution in [2.75, 3.05) is 0 Å². The van der Waals surface area contributed by atoms with Crippen molar-refractivity contribution >= 4 is 5.97 Å². The van der Waals surface area contributed by atoms with Crippen molar-refractivity contribution in [3.8, 4) is 0 Å². The molecule has 0 heterocycles. The molecule has 0 spiro atoms. The molecule has 0 aliphatic rings. The molecule has 2 heteroatoms. The SMILES string of the molecule is CCCCCCCCCCCC(CCCCC/C=C\C/C=C\CCCCCCCC(=O)O)CCCCCCCC. The van der Waals surface area contributed by atoms with Gasteiger partial charge in [-0.2, -0.15) is 0 Å². The van der Waals surface area contributed by atoms with E-state index in [0.29, 0.717) is 6.42 Å². The van der Waals surface area contributed by atoms with Crippen LogP contribution in [0.15, 0.2) is 24.3 Å². The van der Waals surface area contributed by atoms with E-state index in [-0.39, 0.29) is 0 Å². The first kappa shape index (κ1) is 39.0. The van der Waals surface area contributed by atoms with Gasteiger partial charge in [-0.25, -0.2) is 0 Å². The molecule has 0 fully saturated rings. The van der Waals surface area contributed by atoms with Crippen molar-refractivity contribution in [3.05, 3.63) is 24.3 Å². The molecule has 0 bridgehead atoms. The van der Waals surface area contributed by atoms with Crippen LogP contribution < -0.4 is 0 Å². The highest BCUT2D eigenvalue weighted by atomic mass is 16.4.